The second-order valence-electron chi connectivity index (χ2n) is 5.64. The Bertz CT molecular complexity index is 821. The average molecular weight is 377 g/mol. The first-order chi connectivity index (χ1) is 12.4. The number of nitro groups is 1. The van der Waals surface area contributed by atoms with Crippen molar-refractivity contribution in [2.45, 2.75) is 19.3 Å². The number of halogens is 1. The number of rotatable bonds is 8. The van der Waals surface area contributed by atoms with Gasteiger partial charge in [0.25, 0.3) is 11.6 Å². The molecule has 0 spiro atoms. The van der Waals surface area contributed by atoms with Gasteiger partial charge in [-0.15, -0.1) is 0 Å². The summed E-state index contributed by atoms with van der Waals surface area (Å²) in [6, 6.07) is 10.4. The molecule has 136 valence electrons. The standard InChI is InChI=1S/C18H17ClN2O5/c19-16-9-8-14(21(25)26)11-15(16)17(22)20-10-2-1-3-12-4-6-13(7-5-12)18(23)24/h4-9,11H,1-3,10H2,(H,20,22)(H,23,24). The molecule has 0 aromatic heterocycles. The van der Waals surface area contributed by atoms with Gasteiger partial charge in [0, 0.05) is 18.7 Å². The molecule has 7 nitrogen and oxygen atoms in total. The van der Waals surface area contributed by atoms with Gasteiger partial charge in [-0.05, 0) is 43.0 Å². The largest absolute Gasteiger partial charge is 0.478 e. The number of aromatic carboxylic acids is 1. The van der Waals surface area contributed by atoms with Gasteiger partial charge in [0.05, 0.1) is 21.1 Å². The van der Waals surface area contributed by atoms with Crippen molar-refractivity contribution in [2.24, 2.45) is 0 Å². The van der Waals surface area contributed by atoms with E-state index in [0.717, 1.165) is 24.5 Å². The first kappa shape index (κ1) is 19.4. The fourth-order valence-electron chi connectivity index (χ4n) is 2.37. The van der Waals surface area contributed by atoms with Crippen LogP contribution in [-0.4, -0.2) is 28.5 Å². The number of carbonyl (C=O) groups excluding carboxylic acids is 1. The molecule has 0 unspecified atom stereocenters. The lowest BCUT2D eigenvalue weighted by atomic mass is 10.1. The molecule has 2 aromatic carbocycles. The Morgan fingerprint density at radius 2 is 1.81 bits per heavy atom. The van der Waals surface area contributed by atoms with Crippen LogP contribution in [0.5, 0.6) is 0 Å². The summed E-state index contributed by atoms with van der Waals surface area (Å²) in [5.74, 6) is -1.41. The van der Waals surface area contributed by atoms with Gasteiger partial charge in [-0.2, -0.15) is 0 Å². The van der Waals surface area contributed by atoms with Crippen LogP contribution in [0.15, 0.2) is 42.5 Å². The molecule has 2 rings (SSSR count). The lowest BCUT2D eigenvalue weighted by Crippen LogP contribution is -2.24. The predicted octanol–water partition coefficient (Wildman–Crippen LogP) is 3.70. The Kier molecular flexibility index (Phi) is 6.68. The maximum Gasteiger partial charge on any atom is 0.335 e. The Morgan fingerprint density at radius 1 is 1.12 bits per heavy atom. The minimum Gasteiger partial charge on any atom is -0.478 e. The van der Waals surface area contributed by atoms with E-state index in [9.17, 15) is 19.7 Å². The zero-order valence-corrected chi connectivity index (χ0v) is 14.5. The maximum absolute atomic E-state index is 12.1. The number of carboxylic acid groups (broad SMARTS) is 1. The highest BCUT2D eigenvalue weighted by molar-refractivity contribution is 6.33. The van der Waals surface area contributed by atoms with Gasteiger partial charge in [-0.1, -0.05) is 23.7 Å². The first-order valence-electron chi connectivity index (χ1n) is 7.93. The van der Waals surface area contributed by atoms with Crippen molar-refractivity contribution >= 4 is 29.2 Å². The number of carbonyl (C=O) groups is 2. The second kappa shape index (κ2) is 8.96. The summed E-state index contributed by atoms with van der Waals surface area (Å²) in [5, 5.41) is 22.5. The van der Waals surface area contributed by atoms with Crippen LogP contribution >= 0.6 is 11.6 Å². The Labute approximate surface area is 154 Å². The minimum absolute atomic E-state index is 0.0742. The summed E-state index contributed by atoms with van der Waals surface area (Å²) in [6.45, 7) is 0.408. The minimum atomic E-state index is -0.959. The highest BCUT2D eigenvalue weighted by Crippen LogP contribution is 2.21. The van der Waals surface area contributed by atoms with E-state index in [1.807, 2.05) is 0 Å². The van der Waals surface area contributed by atoms with Crippen molar-refractivity contribution in [1.82, 2.24) is 5.32 Å². The van der Waals surface area contributed by atoms with Crippen molar-refractivity contribution in [3.05, 3.63) is 74.3 Å². The molecule has 1 amide bonds. The molecular formula is C18H17ClN2O5. The van der Waals surface area contributed by atoms with Crippen LogP contribution in [0, 0.1) is 10.1 Å². The molecule has 0 saturated heterocycles. The zero-order valence-electron chi connectivity index (χ0n) is 13.8. The van der Waals surface area contributed by atoms with Gasteiger partial charge in [-0.3, -0.25) is 14.9 Å². The number of carboxylic acids is 1. The van der Waals surface area contributed by atoms with Crippen molar-refractivity contribution in [3.8, 4) is 0 Å². The van der Waals surface area contributed by atoms with E-state index < -0.39 is 16.8 Å². The van der Waals surface area contributed by atoms with E-state index in [1.165, 1.54) is 12.1 Å². The Hall–Kier alpha value is -2.93. The van der Waals surface area contributed by atoms with Gasteiger partial charge in [0.1, 0.15) is 0 Å². The normalized spacial score (nSPS) is 10.3. The van der Waals surface area contributed by atoms with Crippen LogP contribution in [0.2, 0.25) is 5.02 Å². The van der Waals surface area contributed by atoms with Gasteiger partial charge in [-0.25, -0.2) is 4.79 Å². The van der Waals surface area contributed by atoms with E-state index >= 15 is 0 Å². The number of nitro benzene ring substituents is 1. The van der Waals surface area contributed by atoms with Crippen LogP contribution in [0.3, 0.4) is 0 Å². The smallest absolute Gasteiger partial charge is 0.335 e. The van der Waals surface area contributed by atoms with Gasteiger partial charge >= 0.3 is 5.97 Å². The maximum atomic E-state index is 12.1. The molecule has 0 bridgehead atoms. The fraction of sp³-hybridized carbons (Fsp3) is 0.222. The summed E-state index contributed by atoms with van der Waals surface area (Å²) < 4.78 is 0. The molecule has 0 aliphatic rings. The van der Waals surface area contributed by atoms with Gasteiger partial charge < -0.3 is 10.4 Å². The van der Waals surface area contributed by atoms with Crippen LogP contribution in [-0.2, 0) is 6.42 Å². The highest BCUT2D eigenvalue weighted by Gasteiger charge is 2.15. The fourth-order valence-corrected chi connectivity index (χ4v) is 2.57. The molecule has 0 fully saturated rings. The molecule has 0 aliphatic heterocycles. The number of non-ortho nitro benzene ring substituents is 1. The molecule has 26 heavy (non-hydrogen) atoms. The predicted molar refractivity (Wildman–Crippen MR) is 96.8 cm³/mol. The molecule has 0 heterocycles. The molecule has 0 atom stereocenters. The monoisotopic (exact) mass is 376 g/mol. The average Bonchev–Trinajstić information content (AvgIpc) is 2.61. The van der Waals surface area contributed by atoms with Crippen LogP contribution in [0.4, 0.5) is 5.69 Å². The summed E-state index contributed by atoms with van der Waals surface area (Å²) in [4.78, 5) is 33.1. The second-order valence-corrected chi connectivity index (χ2v) is 6.04. The summed E-state index contributed by atoms with van der Waals surface area (Å²) in [5.41, 5.74) is 1.15. The summed E-state index contributed by atoms with van der Waals surface area (Å²) >= 11 is 5.93. The lowest BCUT2D eigenvalue weighted by molar-refractivity contribution is -0.384. The topological polar surface area (TPSA) is 110 Å². The van der Waals surface area contributed by atoms with E-state index in [4.69, 9.17) is 16.7 Å². The zero-order chi connectivity index (χ0) is 19.1. The van der Waals surface area contributed by atoms with E-state index in [-0.39, 0.29) is 21.8 Å². The van der Waals surface area contributed by atoms with E-state index in [2.05, 4.69) is 5.32 Å². The quantitative estimate of drug-likeness (QED) is 0.414. The van der Waals surface area contributed by atoms with Gasteiger partial charge in [0.2, 0.25) is 0 Å². The number of hydrogen-bond acceptors (Lipinski definition) is 4. The number of amides is 1. The number of unbranched alkanes of at least 4 members (excludes halogenated alkanes) is 1. The highest BCUT2D eigenvalue weighted by atomic mass is 35.5. The van der Waals surface area contributed by atoms with Crippen LogP contribution < -0.4 is 5.32 Å². The number of nitrogens with one attached hydrogen (secondary N) is 1. The van der Waals surface area contributed by atoms with E-state index in [0.29, 0.717) is 13.0 Å². The van der Waals surface area contributed by atoms with Crippen LogP contribution in [0.25, 0.3) is 0 Å². The number of benzene rings is 2. The summed E-state index contributed by atoms with van der Waals surface area (Å²) in [6.07, 6.45) is 2.27. The third-order valence-corrected chi connectivity index (χ3v) is 4.11. The Morgan fingerprint density at radius 3 is 2.42 bits per heavy atom. The van der Waals surface area contributed by atoms with Crippen LogP contribution in [0.1, 0.15) is 39.1 Å². The molecule has 0 saturated carbocycles. The van der Waals surface area contributed by atoms with Crippen molar-refractivity contribution < 1.29 is 19.6 Å². The third-order valence-electron chi connectivity index (χ3n) is 3.78. The first-order valence-corrected chi connectivity index (χ1v) is 8.30. The number of hydrogen-bond donors (Lipinski definition) is 2. The van der Waals surface area contributed by atoms with Crippen molar-refractivity contribution in [3.63, 3.8) is 0 Å². The molecule has 0 aliphatic carbocycles. The lowest BCUT2D eigenvalue weighted by Gasteiger charge is -2.07. The number of nitrogens with zero attached hydrogens (tertiary/aromatic N) is 1. The third kappa shape index (κ3) is 5.29. The molecule has 0 radical (unpaired) electrons. The summed E-state index contributed by atoms with van der Waals surface area (Å²) in [7, 11) is 0. The molecule has 2 N–H and O–H groups in total. The SMILES string of the molecule is O=C(O)c1ccc(CCCCNC(=O)c2cc([N+](=O)[O-])ccc2Cl)cc1. The molecular weight excluding hydrogens is 360 g/mol. The number of aryl methyl sites for hydroxylation is 1. The Balaban J connectivity index is 1.79. The van der Waals surface area contributed by atoms with Crippen molar-refractivity contribution in [1.29, 1.82) is 0 Å². The molecule has 2 aromatic rings. The van der Waals surface area contributed by atoms with Crippen molar-refractivity contribution in [2.75, 3.05) is 6.54 Å². The molecule has 8 heteroatoms. The van der Waals surface area contributed by atoms with Gasteiger partial charge in [0.15, 0.2) is 0 Å². The van der Waals surface area contributed by atoms with E-state index in [1.54, 1.807) is 24.3 Å².